The third kappa shape index (κ3) is 4.42. The molecule has 1 fully saturated rings. The molecule has 1 aliphatic heterocycles. The Morgan fingerprint density at radius 3 is 2.35 bits per heavy atom. The molecule has 1 heterocycles. The van der Waals surface area contributed by atoms with E-state index in [0.717, 1.165) is 12.8 Å². The van der Waals surface area contributed by atoms with Crippen molar-refractivity contribution in [3.05, 3.63) is 38.9 Å². The summed E-state index contributed by atoms with van der Waals surface area (Å²) in [6.07, 6.45) is 1.71. The number of halogens is 1. The molecule has 0 saturated carbocycles. The van der Waals surface area contributed by atoms with Crippen LogP contribution in [-0.2, 0) is 0 Å². The molecule has 23 heavy (non-hydrogen) atoms. The minimum absolute atomic E-state index is 0.0406. The highest BCUT2D eigenvalue weighted by Crippen LogP contribution is 2.25. The molecule has 2 rings (SSSR count). The Kier molecular flexibility index (Phi) is 4.69. The van der Waals surface area contributed by atoms with Crippen molar-refractivity contribution in [1.82, 2.24) is 5.32 Å². The lowest BCUT2D eigenvalue weighted by molar-refractivity contribution is -0.787. The van der Waals surface area contributed by atoms with Crippen molar-refractivity contribution >= 4 is 23.2 Å². The van der Waals surface area contributed by atoms with Crippen molar-refractivity contribution < 1.29 is 15.0 Å². The highest BCUT2D eigenvalue weighted by molar-refractivity contribution is 6.34. The van der Waals surface area contributed by atoms with Crippen LogP contribution >= 0.6 is 11.6 Å². The van der Waals surface area contributed by atoms with Gasteiger partial charge in [-0.25, -0.2) is 0 Å². The number of carbonyl (C=O) groups excluding carboxylic acids is 1. The number of hydrogen-bond donors (Lipinski definition) is 2. The van der Waals surface area contributed by atoms with E-state index < -0.39 is 4.92 Å². The summed E-state index contributed by atoms with van der Waals surface area (Å²) >= 11 is 6.03. The molecule has 0 bridgehead atoms. The predicted molar refractivity (Wildman–Crippen MR) is 88.7 cm³/mol. The number of nitrogens with zero attached hydrogens (tertiary/aromatic N) is 1. The summed E-state index contributed by atoms with van der Waals surface area (Å²) in [7, 11) is 0. The Morgan fingerprint density at radius 1 is 1.30 bits per heavy atom. The van der Waals surface area contributed by atoms with Gasteiger partial charge in [-0.2, -0.15) is 0 Å². The maximum atomic E-state index is 12.5. The standard InChI is InChI=1S/C16H22ClN3O3/c1-15(2)8-10(9-16(3,4)19-15)18-14(21)12-6-5-11(20(22)23)7-13(12)17/h5-7,10,19H,8-9H2,1-4H3,(H,18,21)/p+1. The summed E-state index contributed by atoms with van der Waals surface area (Å²) in [6, 6.07) is 3.95. The largest absolute Gasteiger partial charge is 0.349 e. The summed E-state index contributed by atoms with van der Waals surface area (Å²) in [6.45, 7) is 8.63. The smallest absolute Gasteiger partial charge is 0.270 e. The Labute approximate surface area is 140 Å². The Morgan fingerprint density at radius 2 is 1.87 bits per heavy atom. The van der Waals surface area contributed by atoms with Crippen molar-refractivity contribution in [1.29, 1.82) is 0 Å². The van der Waals surface area contributed by atoms with E-state index >= 15 is 0 Å². The second-order valence-corrected chi connectivity index (χ2v) is 8.03. The molecule has 0 radical (unpaired) electrons. The summed E-state index contributed by atoms with van der Waals surface area (Å²) in [4.78, 5) is 22.7. The molecule has 1 amide bonds. The molecule has 0 aliphatic carbocycles. The number of quaternary nitrogens is 1. The van der Waals surface area contributed by atoms with Crippen molar-refractivity contribution in [2.24, 2.45) is 0 Å². The number of hydrogen-bond acceptors (Lipinski definition) is 3. The zero-order chi connectivity index (χ0) is 17.4. The van der Waals surface area contributed by atoms with Gasteiger partial charge < -0.3 is 10.6 Å². The first-order chi connectivity index (χ1) is 10.5. The fourth-order valence-electron chi connectivity index (χ4n) is 3.68. The van der Waals surface area contributed by atoms with Crippen LogP contribution in [0.25, 0.3) is 0 Å². The molecule has 1 aromatic rings. The van der Waals surface area contributed by atoms with Crippen LogP contribution in [0.15, 0.2) is 18.2 Å². The number of amides is 1. The zero-order valence-corrected chi connectivity index (χ0v) is 14.6. The minimum atomic E-state index is -0.532. The first-order valence-corrected chi connectivity index (χ1v) is 7.99. The van der Waals surface area contributed by atoms with Crippen LogP contribution in [0.4, 0.5) is 5.69 Å². The van der Waals surface area contributed by atoms with Crippen molar-refractivity contribution in [2.45, 2.75) is 57.7 Å². The second-order valence-electron chi connectivity index (χ2n) is 7.62. The van der Waals surface area contributed by atoms with Gasteiger partial charge in [0.15, 0.2) is 0 Å². The van der Waals surface area contributed by atoms with E-state index in [1.165, 1.54) is 18.2 Å². The molecular weight excluding hydrogens is 318 g/mol. The van der Waals surface area contributed by atoms with Gasteiger partial charge in [-0.15, -0.1) is 0 Å². The fourth-order valence-corrected chi connectivity index (χ4v) is 3.95. The molecule has 7 heteroatoms. The highest BCUT2D eigenvalue weighted by Gasteiger charge is 2.42. The van der Waals surface area contributed by atoms with Crippen LogP contribution in [0, 0.1) is 10.1 Å². The van der Waals surface area contributed by atoms with Gasteiger partial charge in [0.05, 0.1) is 26.6 Å². The zero-order valence-electron chi connectivity index (χ0n) is 13.9. The van der Waals surface area contributed by atoms with Gasteiger partial charge in [0.25, 0.3) is 11.6 Å². The van der Waals surface area contributed by atoms with Crippen LogP contribution in [-0.4, -0.2) is 28.0 Å². The molecule has 126 valence electrons. The molecule has 6 nitrogen and oxygen atoms in total. The van der Waals surface area contributed by atoms with Crippen molar-refractivity contribution in [3.8, 4) is 0 Å². The SMILES string of the molecule is CC1(C)CC(NC(=O)c2ccc([N+](=O)[O-])cc2Cl)CC(C)(C)[NH2+]1. The average Bonchev–Trinajstić information content (AvgIpc) is 2.34. The first kappa shape index (κ1) is 17.7. The van der Waals surface area contributed by atoms with E-state index in [-0.39, 0.29) is 39.3 Å². The van der Waals surface area contributed by atoms with Gasteiger partial charge in [0.2, 0.25) is 0 Å². The normalized spacial score (nSPS) is 20.0. The quantitative estimate of drug-likeness (QED) is 0.653. The van der Waals surface area contributed by atoms with E-state index in [0.29, 0.717) is 0 Å². The van der Waals surface area contributed by atoms with Gasteiger partial charge in [-0.3, -0.25) is 14.9 Å². The van der Waals surface area contributed by atoms with Gasteiger partial charge in [0, 0.05) is 31.0 Å². The number of carbonyl (C=O) groups is 1. The van der Waals surface area contributed by atoms with E-state index in [2.05, 4.69) is 38.3 Å². The van der Waals surface area contributed by atoms with Crippen LogP contribution in [0.1, 0.15) is 50.9 Å². The van der Waals surface area contributed by atoms with E-state index in [1.54, 1.807) is 0 Å². The van der Waals surface area contributed by atoms with Gasteiger partial charge in [0.1, 0.15) is 0 Å². The van der Waals surface area contributed by atoms with E-state index in [9.17, 15) is 14.9 Å². The third-order valence-electron chi connectivity index (χ3n) is 4.07. The molecule has 1 saturated heterocycles. The summed E-state index contributed by atoms with van der Waals surface area (Å²) < 4.78 is 0. The lowest BCUT2D eigenvalue weighted by Gasteiger charge is -2.43. The Hall–Kier alpha value is -1.66. The number of non-ortho nitro benzene ring substituents is 1. The number of benzene rings is 1. The first-order valence-electron chi connectivity index (χ1n) is 7.61. The van der Waals surface area contributed by atoms with Crippen LogP contribution in [0.3, 0.4) is 0 Å². The van der Waals surface area contributed by atoms with Crippen LogP contribution in [0.5, 0.6) is 0 Å². The second kappa shape index (κ2) is 6.09. The van der Waals surface area contributed by atoms with E-state index in [4.69, 9.17) is 11.6 Å². The lowest BCUT2D eigenvalue weighted by Crippen LogP contribution is -3.06. The Balaban J connectivity index is 2.14. The molecular formula is C16H23ClN3O3+. The van der Waals surface area contributed by atoms with Crippen LogP contribution < -0.4 is 10.6 Å². The van der Waals surface area contributed by atoms with Crippen LogP contribution in [0.2, 0.25) is 5.02 Å². The molecule has 0 atom stereocenters. The fraction of sp³-hybridized carbons (Fsp3) is 0.562. The number of nitro benzene ring substituents is 1. The van der Waals surface area contributed by atoms with Gasteiger partial charge in [-0.1, -0.05) is 11.6 Å². The molecule has 0 unspecified atom stereocenters. The van der Waals surface area contributed by atoms with Crippen molar-refractivity contribution in [3.63, 3.8) is 0 Å². The summed E-state index contributed by atoms with van der Waals surface area (Å²) in [5, 5.41) is 16.2. The molecule has 1 aromatic carbocycles. The number of nitrogens with two attached hydrogens (primary N) is 1. The topological polar surface area (TPSA) is 88.8 Å². The van der Waals surface area contributed by atoms with Gasteiger partial charge in [-0.05, 0) is 33.8 Å². The minimum Gasteiger partial charge on any atom is -0.349 e. The maximum Gasteiger partial charge on any atom is 0.270 e. The molecule has 0 aromatic heterocycles. The third-order valence-corrected chi connectivity index (χ3v) is 4.38. The maximum absolute atomic E-state index is 12.5. The number of piperidine rings is 1. The summed E-state index contributed by atoms with van der Waals surface area (Å²) in [5.41, 5.74) is 0.223. The number of nitro groups is 1. The monoisotopic (exact) mass is 340 g/mol. The highest BCUT2D eigenvalue weighted by atomic mass is 35.5. The molecule has 1 aliphatic rings. The Bertz CT molecular complexity index is 627. The van der Waals surface area contributed by atoms with E-state index in [1.807, 2.05) is 0 Å². The molecule has 3 N–H and O–H groups in total. The van der Waals surface area contributed by atoms with Gasteiger partial charge >= 0.3 is 0 Å². The van der Waals surface area contributed by atoms with Crippen molar-refractivity contribution in [2.75, 3.05) is 0 Å². The number of rotatable bonds is 3. The number of nitrogens with one attached hydrogen (secondary N) is 1. The average molecular weight is 341 g/mol. The summed E-state index contributed by atoms with van der Waals surface area (Å²) in [5.74, 6) is -0.289. The lowest BCUT2D eigenvalue weighted by atomic mass is 9.79. The predicted octanol–water partition coefficient (Wildman–Crippen LogP) is 2.26. The molecule has 0 spiro atoms.